The van der Waals surface area contributed by atoms with E-state index in [4.69, 9.17) is 0 Å². The van der Waals surface area contributed by atoms with Gasteiger partial charge in [-0.15, -0.1) is 0 Å². The molecule has 1 aromatic carbocycles. The topological polar surface area (TPSA) is 65.1 Å². The summed E-state index contributed by atoms with van der Waals surface area (Å²) < 4.78 is 1.39. The average Bonchev–Trinajstić information content (AvgIpc) is 2.39. The minimum atomic E-state index is -0.481. The zero-order valence-electron chi connectivity index (χ0n) is 10.7. The van der Waals surface area contributed by atoms with E-state index in [2.05, 4.69) is 0 Å². The van der Waals surface area contributed by atoms with Gasteiger partial charge in [0.15, 0.2) is 0 Å². The van der Waals surface area contributed by atoms with Gasteiger partial charge in [-0.1, -0.05) is 30.3 Å². The highest BCUT2D eigenvalue weighted by Crippen LogP contribution is 2.21. The SMILES string of the molecule is CC(C)n1cc([N+](=O)[O-])cc(-c2ccccc2)c1=O. The van der Waals surface area contributed by atoms with Gasteiger partial charge in [0.25, 0.3) is 11.2 Å². The molecular weight excluding hydrogens is 244 g/mol. The number of rotatable bonds is 3. The van der Waals surface area contributed by atoms with E-state index in [0.29, 0.717) is 11.1 Å². The maximum atomic E-state index is 12.3. The molecule has 0 saturated heterocycles. The van der Waals surface area contributed by atoms with E-state index in [0.717, 1.165) is 0 Å². The predicted octanol–water partition coefficient (Wildman–Crippen LogP) is 3.00. The second-order valence-electron chi connectivity index (χ2n) is 4.54. The molecule has 2 rings (SSSR count). The minimum absolute atomic E-state index is 0.0767. The van der Waals surface area contributed by atoms with Crippen molar-refractivity contribution >= 4 is 5.69 Å². The van der Waals surface area contributed by atoms with Gasteiger partial charge in [-0.05, 0) is 19.4 Å². The molecule has 0 spiro atoms. The number of hydrogen-bond acceptors (Lipinski definition) is 3. The fraction of sp³-hybridized carbons (Fsp3) is 0.214. The first-order chi connectivity index (χ1) is 9.00. The molecule has 0 radical (unpaired) electrons. The molecule has 0 N–H and O–H groups in total. The first kappa shape index (κ1) is 13.0. The minimum Gasteiger partial charge on any atom is -0.306 e. The van der Waals surface area contributed by atoms with Crippen LogP contribution in [-0.4, -0.2) is 9.49 Å². The number of nitro groups is 1. The number of aromatic nitrogens is 1. The van der Waals surface area contributed by atoms with E-state index in [9.17, 15) is 14.9 Å². The third-order valence-electron chi connectivity index (χ3n) is 2.88. The Morgan fingerprint density at radius 3 is 2.37 bits per heavy atom. The van der Waals surface area contributed by atoms with E-state index < -0.39 is 4.92 Å². The summed E-state index contributed by atoms with van der Waals surface area (Å²) in [5, 5.41) is 11.0. The highest BCUT2D eigenvalue weighted by Gasteiger charge is 2.16. The molecule has 19 heavy (non-hydrogen) atoms. The van der Waals surface area contributed by atoms with Crippen LogP contribution in [0.5, 0.6) is 0 Å². The van der Waals surface area contributed by atoms with Gasteiger partial charge < -0.3 is 4.57 Å². The smallest absolute Gasteiger partial charge is 0.286 e. The standard InChI is InChI=1S/C14H14N2O3/c1-10(2)15-9-12(16(18)19)8-13(14(15)17)11-6-4-3-5-7-11/h3-10H,1-2H3. The summed E-state index contributed by atoms with van der Waals surface area (Å²) in [5.41, 5.74) is 0.744. The lowest BCUT2D eigenvalue weighted by Gasteiger charge is -2.11. The van der Waals surface area contributed by atoms with Gasteiger partial charge >= 0.3 is 0 Å². The Morgan fingerprint density at radius 1 is 1.21 bits per heavy atom. The first-order valence-corrected chi connectivity index (χ1v) is 5.96. The van der Waals surface area contributed by atoms with Crippen molar-refractivity contribution in [2.75, 3.05) is 0 Å². The molecule has 0 atom stereocenters. The van der Waals surface area contributed by atoms with Gasteiger partial charge in [0.05, 0.1) is 16.7 Å². The van der Waals surface area contributed by atoms with Crippen LogP contribution in [0.15, 0.2) is 47.4 Å². The Kier molecular flexibility index (Phi) is 3.46. The second kappa shape index (κ2) is 5.06. The van der Waals surface area contributed by atoms with E-state index in [1.807, 2.05) is 19.9 Å². The molecular formula is C14H14N2O3. The Morgan fingerprint density at radius 2 is 1.84 bits per heavy atom. The largest absolute Gasteiger partial charge is 0.306 e. The quantitative estimate of drug-likeness (QED) is 0.628. The Balaban J connectivity index is 2.73. The Bertz CT molecular complexity index is 660. The molecule has 0 aliphatic carbocycles. The predicted molar refractivity (Wildman–Crippen MR) is 73.2 cm³/mol. The highest BCUT2D eigenvalue weighted by atomic mass is 16.6. The summed E-state index contributed by atoms with van der Waals surface area (Å²) in [6.07, 6.45) is 1.29. The van der Waals surface area contributed by atoms with E-state index in [-0.39, 0.29) is 17.3 Å². The monoisotopic (exact) mass is 258 g/mol. The molecule has 0 amide bonds. The van der Waals surface area contributed by atoms with Crippen molar-refractivity contribution in [2.24, 2.45) is 0 Å². The van der Waals surface area contributed by atoms with Crippen LogP contribution in [0.4, 0.5) is 5.69 Å². The van der Waals surface area contributed by atoms with Gasteiger partial charge in [0.2, 0.25) is 0 Å². The van der Waals surface area contributed by atoms with Crippen LogP contribution in [0.25, 0.3) is 11.1 Å². The lowest BCUT2D eigenvalue weighted by Crippen LogP contribution is -2.23. The number of hydrogen-bond donors (Lipinski definition) is 0. The van der Waals surface area contributed by atoms with Crippen LogP contribution < -0.4 is 5.56 Å². The van der Waals surface area contributed by atoms with Gasteiger partial charge in [0.1, 0.15) is 0 Å². The number of pyridine rings is 1. The summed E-state index contributed by atoms with van der Waals surface area (Å²) in [6, 6.07) is 10.2. The third kappa shape index (κ3) is 2.54. The van der Waals surface area contributed by atoms with Crippen molar-refractivity contribution < 1.29 is 4.92 Å². The zero-order chi connectivity index (χ0) is 14.0. The molecule has 2 aromatic rings. The number of benzene rings is 1. The lowest BCUT2D eigenvalue weighted by molar-refractivity contribution is -0.385. The van der Waals surface area contributed by atoms with E-state index >= 15 is 0 Å². The Hall–Kier alpha value is -2.43. The van der Waals surface area contributed by atoms with Crippen LogP contribution in [0.2, 0.25) is 0 Å². The van der Waals surface area contributed by atoms with Crippen molar-refractivity contribution in [1.29, 1.82) is 0 Å². The normalized spacial score (nSPS) is 10.7. The molecule has 1 heterocycles. The van der Waals surface area contributed by atoms with Crippen LogP contribution in [0.1, 0.15) is 19.9 Å². The number of nitrogens with zero attached hydrogens (tertiary/aromatic N) is 2. The van der Waals surface area contributed by atoms with Crippen LogP contribution >= 0.6 is 0 Å². The molecule has 0 bridgehead atoms. The molecule has 98 valence electrons. The summed E-state index contributed by atoms with van der Waals surface area (Å²) in [6.45, 7) is 3.64. The molecule has 1 aromatic heterocycles. The van der Waals surface area contributed by atoms with Crippen LogP contribution in [-0.2, 0) is 0 Å². The summed E-state index contributed by atoms with van der Waals surface area (Å²) in [7, 11) is 0. The van der Waals surface area contributed by atoms with Crippen molar-refractivity contribution in [3.8, 4) is 11.1 Å². The molecule has 0 unspecified atom stereocenters. The molecule has 0 saturated carbocycles. The maximum Gasteiger partial charge on any atom is 0.286 e. The molecule has 0 aliphatic heterocycles. The molecule has 0 aliphatic rings. The Labute approximate surface area is 110 Å². The van der Waals surface area contributed by atoms with E-state index in [1.165, 1.54) is 16.8 Å². The van der Waals surface area contributed by atoms with Crippen LogP contribution in [0.3, 0.4) is 0 Å². The van der Waals surface area contributed by atoms with Crippen LogP contribution in [0, 0.1) is 10.1 Å². The molecule has 0 fully saturated rings. The van der Waals surface area contributed by atoms with Crippen molar-refractivity contribution in [2.45, 2.75) is 19.9 Å². The van der Waals surface area contributed by atoms with Crippen molar-refractivity contribution in [3.63, 3.8) is 0 Å². The summed E-state index contributed by atoms with van der Waals surface area (Å²) >= 11 is 0. The maximum absolute atomic E-state index is 12.3. The van der Waals surface area contributed by atoms with Gasteiger partial charge in [-0.25, -0.2) is 0 Å². The fourth-order valence-electron chi connectivity index (χ4n) is 1.90. The summed E-state index contributed by atoms with van der Waals surface area (Å²) in [5.74, 6) is 0. The third-order valence-corrected chi connectivity index (χ3v) is 2.88. The zero-order valence-corrected chi connectivity index (χ0v) is 10.7. The van der Waals surface area contributed by atoms with Gasteiger partial charge in [-0.2, -0.15) is 0 Å². The average molecular weight is 258 g/mol. The lowest BCUT2D eigenvalue weighted by atomic mass is 10.1. The van der Waals surface area contributed by atoms with E-state index in [1.54, 1.807) is 24.3 Å². The molecule has 5 heteroatoms. The van der Waals surface area contributed by atoms with Gasteiger partial charge in [0, 0.05) is 12.1 Å². The fourth-order valence-corrected chi connectivity index (χ4v) is 1.90. The first-order valence-electron chi connectivity index (χ1n) is 5.96. The van der Waals surface area contributed by atoms with Crippen molar-refractivity contribution in [1.82, 2.24) is 4.57 Å². The second-order valence-corrected chi connectivity index (χ2v) is 4.54. The summed E-state index contributed by atoms with van der Waals surface area (Å²) in [4.78, 5) is 22.8. The van der Waals surface area contributed by atoms with Gasteiger partial charge in [-0.3, -0.25) is 14.9 Å². The highest BCUT2D eigenvalue weighted by molar-refractivity contribution is 5.64. The van der Waals surface area contributed by atoms with Crippen molar-refractivity contribution in [3.05, 3.63) is 63.1 Å². The molecule has 5 nitrogen and oxygen atoms in total.